The van der Waals surface area contributed by atoms with Crippen molar-refractivity contribution in [1.82, 2.24) is 14.9 Å². The Balaban J connectivity index is 1.99. The Morgan fingerprint density at radius 1 is 1.41 bits per heavy atom. The predicted octanol–water partition coefficient (Wildman–Crippen LogP) is 1.72. The molecule has 4 heteroatoms. The van der Waals surface area contributed by atoms with Gasteiger partial charge in [0.2, 0.25) is 0 Å². The molecule has 0 spiro atoms. The van der Waals surface area contributed by atoms with Crippen molar-refractivity contribution in [2.24, 2.45) is 7.05 Å². The van der Waals surface area contributed by atoms with Gasteiger partial charge in [-0.2, -0.15) is 0 Å². The molecule has 2 rings (SSSR count). The van der Waals surface area contributed by atoms with Gasteiger partial charge < -0.3 is 14.6 Å². The summed E-state index contributed by atoms with van der Waals surface area (Å²) in [6, 6.07) is 8.10. The molecule has 90 valence electrons. The van der Waals surface area contributed by atoms with Gasteiger partial charge in [-0.25, -0.2) is 4.98 Å². The molecule has 0 saturated heterocycles. The first kappa shape index (κ1) is 11.7. The lowest BCUT2D eigenvalue weighted by molar-refractivity contribution is 0.297. The van der Waals surface area contributed by atoms with Crippen LogP contribution < -0.4 is 10.1 Å². The summed E-state index contributed by atoms with van der Waals surface area (Å²) in [4.78, 5) is 4.05. The van der Waals surface area contributed by atoms with Gasteiger partial charge in [-0.1, -0.05) is 12.1 Å². The molecule has 0 aliphatic rings. The quantitative estimate of drug-likeness (QED) is 0.851. The molecule has 0 fully saturated rings. The summed E-state index contributed by atoms with van der Waals surface area (Å²) in [5, 5.41) is 3.12. The van der Waals surface area contributed by atoms with Crippen molar-refractivity contribution < 1.29 is 4.74 Å². The van der Waals surface area contributed by atoms with Crippen molar-refractivity contribution >= 4 is 0 Å². The van der Waals surface area contributed by atoms with Gasteiger partial charge in [0.25, 0.3) is 0 Å². The Bertz CT molecular complexity index is 479. The van der Waals surface area contributed by atoms with Crippen molar-refractivity contribution in [2.45, 2.75) is 13.2 Å². The third-order valence-electron chi connectivity index (χ3n) is 2.58. The average Bonchev–Trinajstić information content (AvgIpc) is 2.73. The molecule has 0 aliphatic carbocycles. The third-order valence-corrected chi connectivity index (χ3v) is 2.58. The van der Waals surface area contributed by atoms with Crippen molar-refractivity contribution in [3.05, 3.63) is 48.0 Å². The van der Waals surface area contributed by atoms with E-state index in [0.29, 0.717) is 6.61 Å². The van der Waals surface area contributed by atoms with E-state index in [-0.39, 0.29) is 0 Å². The van der Waals surface area contributed by atoms with Crippen LogP contribution in [0.1, 0.15) is 11.3 Å². The second-order valence-corrected chi connectivity index (χ2v) is 3.96. The number of benzene rings is 1. The fraction of sp³-hybridized carbons (Fsp3) is 0.308. The van der Waals surface area contributed by atoms with E-state index in [2.05, 4.69) is 16.4 Å². The van der Waals surface area contributed by atoms with Gasteiger partial charge in [0, 0.05) is 13.6 Å². The zero-order valence-electron chi connectivity index (χ0n) is 10.2. The first-order valence-electron chi connectivity index (χ1n) is 5.61. The van der Waals surface area contributed by atoms with Gasteiger partial charge >= 0.3 is 0 Å². The molecule has 0 aliphatic heterocycles. The van der Waals surface area contributed by atoms with Crippen molar-refractivity contribution in [3.63, 3.8) is 0 Å². The predicted molar refractivity (Wildman–Crippen MR) is 66.7 cm³/mol. The number of hydrogen-bond acceptors (Lipinski definition) is 3. The molecule has 1 heterocycles. The van der Waals surface area contributed by atoms with Crippen LogP contribution >= 0.6 is 0 Å². The van der Waals surface area contributed by atoms with Crippen LogP contribution in [0.4, 0.5) is 0 Å². The number of ether oxygens (including phenoxy) is 1. The molecule has 0 amide bonds. The van der Waals surface area contributed by atoms with Crippen molar-refractivity contribution in [3.8, 4) is 5.75 Å². The van der Waals surface area contributed by atoms with Gasteiger partial charge in [0.15, 0.2) is 0 Å². The maximum atomic E-state index is 5.73. The smallest absolute Gasteiger partial charge is 0.130 e. The summed E-state index contributed by atoms with van der Waals surface area (Å²) in [7, 11) is 3.90. The fourth-order valence-corrected chi connectivity index (χ4v) is 1.63. The van der Waals surface area contributed by atoms with Crippen LogP contribution in [0.3, 0.4) is 0 Å². The monoisotopic (exact) mass is 231 g/mol. The highest BCUT2D eigenvalue weighted by molar-refractivity contribution is 5.28. The van der Waals surface area contributed by atoms with Crippen molar-refractivity contribution in [1.29, 1.82) is 0 Å². The Labute approximate surface area is 101 Å². The SMILES string of the molecule is CNCc1cccc(OCc2cncn2C)c1. The highest BCUT2D eigenvalue weighted by Crippen LogP contribution is 2.14. The fourth-order valence-electron chi connectivity index (χ4n) is 1.63. The number of hydrogen-bond donors (Lipinski definition) is 1. The Morgan fingerprint density at radius 2 is 2.29 bits per heavy atom. The Kier molecular flexibility index (Phi) is 3.77. The molecule has 1 N–H and O–H groups in total. The van der Waals surface area contributed by atoms with Gasteiger partial charge in [-0.15, -0.1) is 0 Å². The standard InChI is InChI=1S/C13H17N3O/c1-14-7-11-4-3-5-13(6-11)17-9-12-8-15-10-16(12)2/h3-6,8,10,14H,7,9H2,1-2H3. The molecular formula is C13H17N3O. The van der Waals surface area contributed by atoms with E-state index in [1.807, 2.05) is 43.1 Å². The second-order valence-electron chi connectivity index (χ2n) is 3.96. The van der Waals surface area contributed by atoms with Crippen LogP contribution in [0.15, 0.2) is 36.8 Å². The zero-order chi connectivity index (χ0) is 12.1. The molecule has 4 nitrogen and oxygen atoms in total. The molecule has 17 heavy (non-hydrogen) atoms. The van der Waals surface area contributed by atoms with E-state index in [1.54, 1.807) is 6.33 Å². The van der Waals surface area contributed by atoms with Crippen LogP contribution in [0.5, 0.6) is 5.75 Å². The summed E-state index contributed by atoms with van der Waals surface area (Å²) in [6.45, 7) is 1.39. The minimum atomic E-state index is 0.541. The van der Waals surface area contributed by atoms with Gasteiger partial charge in [-0.3, -0.25) is 0 Å². The number of imidazole rings is 1. The van der Waals surface area contributed by atoms with Crippen LogP contribution in [0, 0.1) is 0 Å². The molecule has 0 radical (unpaired) electrons. The lowest BCUT2D eigenvalue weighted by Gasteiger charge is -2.08. The lowest BCUT2D eigenvalue weighted by Crippen LogP contribution is -2.05. The number of rotatable bonds is 5. The number of aromatic nitrogens is 2. The number of nitrogens with zero attached hydrogens (tertiary/aromatic N) is 2. The third kappa shape index (κ3) is 3.07. The molecular weight excluding hydrogens is 214 g/mol. The maximum Gasteiger partial charge on any atom is 0.130 e. The van der Waals surface area contributed by atoms with Crippen molar-refractivity contribution in [2.75, 3.05) is 7.05 Å². The van der Waals surface area contributed by atoms with E-state index >= 15 is 0 Å². The van der Waals surface area contributed by atoms with E-state index in [0.717, 1.165) is 18.0 Å². The van der Waals surface area contributed by atoms with E-state index in [4.69, 9.17) is 4.74 Å². The van der Waals surface area contributed by atoms with Crippen LogP contribution in [-0.4, -0.2) is 16.6 Å². The largest absolute Gasteiger partial charge is 0.487 e. The normalized spacial score (nSPS) is 10.5. The number of nitrogens with one attached hydrogen (secondary N) is 1. The first-order chi connectivity index (χ1) is 8.29. The Hall–Kier alpha value is -1.81. The molecule has 0 saturated carbocycles. The minimum absolute atomic E-state index is 0.541. The molecule has 1 aromatic carbocycles. The molecule has 0 bridgehead atoms. The summed E-state index contributed by atoms with van der Waals surface area (Å²) < 4.78 is 7.69. The van der Waals surface area contributed by atoms with Gasteiger partial charge in [-0.05, 0) is 24.7 Å². The van der Waals surface area contributed by atoms with Crippen LogP contribution in [-0.2, 0) is 20.2 Å². The molecule has 0 unspecified atom stereocenters. The average molecular weight is 231 g/mol. The second kappa shape index (κ2) is 5.50. The summed E-state index contributed by atoms with van der Waals surface area (Å²) in [5.41, 5.74) is 2.28. The van der Waals surface area contributed by atoms with E-state index in [1.165, 1.54) is 5.56 Å². The molecule has 1 aromatic heterocycles. The number of aryl methyl sites for hydroxylation is 1. The summed E-state index contributed by atoms with van der Waals surface area (Å²) in [6.07, 6.45) is 3.59. The van der Waals surface area contributed by atoms with E-state index in [9.17, 15) is 0 Å². The zero-order valence-corrected chi connectivity index (χ0v) is 10.2. The highest BCUT2D eigenvalue weighted by Gasteiger charge is 2.00. The minimum Gasteiger partial charge on any atom is -0.487 e. The molecule has 0 atom stereocenters. The molecule has 2 aromatic rings. The maximum absolute atomic E-state index is 5.73. The van der Waals surface area contributed by atoms with Crippen LogP contribution in [0.25, 0.3) is 0 Å². The summed E-state index contributed by atoms with van der Waals surface area (Å²) in [5.74, 6) is 0.888. The topological polar surface area (TPSA) is 39.1 Å². The lowest BCUT2D eigenvalue weighted by atomic mass is 10.2. The van der Waals surface area contributed by atoms with Crippen LogP contribution in [0.2, 0.25) is 0 Å². The van der Waals surface area contributed by atoms with Gasteiger partial charge in [0.1, 0.15) is 12.4 Å². The Morgan fingerprint density at radius 3 is 3.00 bits per heavy atom. The summed E-state index contributed by atoms with van der Waals surface area (Å²) >= 11 is 0. The van der Waals surface area contributed by atoms with Gasteiger partial charge in [0.05, 0.1) is 18.2 Å². The highest BCUT2D eigenvalue weighted by atomic mass is 16.5. The first-order valence-corrected chi connectivity index (χ1v) is 5.61. The van der Waals surface area contributed by atoms with E-state index < -0.39 is 0 Å².